The monoisotopic (exact) mass is 300 g/mol. The molecule has 0 aromatic carbocycles. The van der Waals surface area contributed by atoms with Gasteiger partial charge in [-0.2, -0.15) is 0 Å². The number of nitrogens with zero attached hydrogens (tertiary/aromatic N) is 2. The fraction of sp³-hybridized carbons (Fsp3) is 0.400. The molecule has 108 valence electrons. The lowest BCUT2D eigenvalue weighted by molar-refractivity contribution is 0.509. The van der Waals surface area contributed by atoms with Crippen molar-refractivity contribution < 1.29 is 0 Å². The minimum Gasteiger partial charge on any atom is -0.348 e. The number of aromatic amines is 2. The van der Waals surface area contributed by atoms with Crippen LogP contribution in [0, 0.1) is 5.92 Å². The standard InChI is InChI=1S/C15H16N4OS/c1-8-2-3-10-11(4-8)21-15-13(10)14(20)18-12(19-15)5-9-6-16-7-17-9/h6-8H,2-5H2,1H3,(H,16,17)(H,18,19,20)/t8-/m0/s1. The molecular formula is C15H16N4OS. The molecule has 0 aliphatic heterocycles. The van der Waals surface area contributed by atoms with Gasteiger partial charge in [0.25, 0.3) is 5.56 Å². The van der Waals surface area contributed by atoms with Crippen LogP contribution in [0.15, 0.2) is 17.3 Å². The van der Waals surface area contributed by atoms with Crippen LogP contribution in [0.5, 0.6) is 0 Å². The zero-order valence-corrected chi connectivity index (χ0v) is 12.6. The summed E-state index contributed by atoms with van der Waals surface area (Å²) in [5, 5.41) is 0.815. The van der Waals surface area contributed by atoms with Gasteiger partial charge in [0.05, 0.1) is 11.7 Å². The van der Waals surface area contributed by atoms with Crippen LogP contribution in [0.1, 0.15) is 35.3 Å². The van der Waals surface area contributed by atoms with Crippen LogP contribution in [0.3, 0.4) is 0 Å². The highest BCUT2D eigenvalue weighted by Crippen LogP contribution is 2.35. The van der Waals surface area contributed by atoms with E-state index in [9.17, 15) is 4.79 Å². The van der Waals surface area contributed by atoms with Crippen molar-refractivity contribution in [2.45, 2.75) is 32.6 Å². The van der Waals surface area contributed by atoms with Crippen molar-refractivity contribution in [3.05, 3.63) is 44.8 Å². The second kappa shape index (κ2) is 4.80. The predicted octanol–water partition coefficient (Wildman–Crippen LogP) is 2.42. The average Bonchev–Trinajstić information content (AvgIpc) is 3.05. The van der Waals surface area contributed by atoms with Crippen LogP contribution in [-0.2, 0) is 19.3 Å². The van der Waals surface area contributed by atoms with Gasteiger partial charge < -0.3 is 9.97 Å². The second-order valence-electron chi connectivity index (χ2n) is 5.80. The lowest BCUT2D eigenvalue weighted by Gasteiger charge is -2.17. The highest BCUT2D eigenvalue weighted by atomic mass is 32.1. The number of imidazole rings is 1. The Kier molecular flexibility index (Phi) is 2.92. The van der Waals surface area contributed by atoms with E-state index in [4.69, 9.17) is 0 Å². The Morgan fingerprint density at radius 1 is 1.48 bits per heavy atom. The number of thiophene rings is 1. The van der Waals surface area contributed by atoms with Gasteiger partial charge in [0.2, 0.25) is 0 Å². The van der Waals surface area contributed by atoms with E-state index >= 15 is 0 Å². The number of hydrogen-bond donors (Lipinski definition) is 2. The Balaban J connectivity index is 1.82. The zero-order chi connectivity index (χ0) is 14.4. The van der Waals surface area contributed by atoms with Gasteiger partial charge in [-0.3, -0.25) is 4.79 Å². The quantitative estimate of drug-likeness (QED) is 0.763. The molecule has 4 rings (SSSR count). The van der Waals surface area contributed by atoms with Gasteiger partial charge in [-0.25, -0.2) is 9.97 Å². The van der Waals surface area contributed by atoms with Gasteiger partial charge in [0.15, 0.2) is 0 Å². The van der Waals surface area contributed by atoms with Crippen molar-refractivity contribution in [3.63, 3.8) is 0 Å². The van der Waals surface area contributed by atoms with E-state index in [1.54, 1.807) is 23.9 Å². The molecule has 0 radical (unpaired) electrons. The number of rotatable bonds is 2. The van der Waals surface area contributed by atoms with E-state index in [0.29, 0.717) is 18.2 Å². The SMILES string of the molecule is C[C@H]1CCc2c(sc3nc(Cc4cnc[nH]4)[nH]c(=O)c23)C1. The lowest BCUT2D eigenvalue weighted by atomic mass is 9.89. The summed E-state index contributed by atoms with van der Waals surface area (Å²) in [6, 6.07) is 0. The third-order valence-electron chi connectivity index (χ3n) is 4.13. The summed E-state index contributed by atoms with van der Waals surface area (Å²) in [4.78, 5) is 29.3. The van der Waals surface area contributed by atoms with E-state index < -0.39 is 0 Å². The minimum absolute atomic E-state index is 0.00145. The molecule has 21 heavy (non-hydrogen) atoms. The normalized spacial score (nSPS) is 18.0. The Hall–Kier alpha value is -1.95. The van der Waals surface area contributed by atoms with Gasteiger partial charge in [0, 0.05) is 23.2 Å². The van der Waals surface area contributed by atoms with E-state index in [1.165, 1.54) is 10.4 Å². The molecule has 3 heterocycles. The third kappa shape index (κ3) is 2.19. The highest BCUT2D eigenvalue weighted by molar-refractivity contribution is 7.18. The van der Waals surface area contributed by atoms with E-state index in [2.05, 4.69) is 26.9 Å². The Labute approximate surface area is 125 Å². The molecule has 6 heteroatoms. The molecule has 3 aromatic rings. The molecule has 0 bridgehead atoms. The number of aromatic nitrogens is 4. The van der Waals surface area contributed by atoms with Crippen molar-refractivity contribution in [1.29, 1.82) is 0 Å². The van der Waals surface area contributed by atoms with E-state index in [1.807, 2.05) is 0 Å². The third-order valence-corrected chi connectivity index (χ3v) is 5.28. The Morgan fingerprint density at radius 3 is 3.19 bits per heavy atom. The van der Waals surface area contributed by atoms with Crippen LogP contribution in [-0.4, -0.2) is 19.9 Å². The molecule has 2 N–H and O–H groups in total. The maximum Gasteiger partial charge on any atom is 0.259 e. The van der Waals surface area contributed by atoms with Crippen LogP contribution in [0.2, 0.25) is 0 Å². The molecule has 0 amide bonds. The second-order valence-corrected chi connectivity index (χ2v) is 6.88. The van der Waals surface area contributed by atoms with E-state index in [-0.39, 0.29) is 5.56 Å². The molecule has 0 unspecified atom stereocenters. The molecule has 0 saturated carbocycles. The Bertz CT molecular complexity index is 847. The van der Waals surface area contributed by atoms with Crippen LogP contribution in [0.25, 0.3) is 10.2 Å². The maximum absolute atomic E-state index is 12.4. The van der Waals surface area contributed by atoms with Gasteiger partial charge in [-0.05, 0) is 30.7 Å². The topological polar surface area (TPSA) is 74.4 Å². The maximum atomic E-state index is 12.4. The van der Waals surface area contributed by atoms with Crippen LogP contribution >= 0.6 is 11.3 Å². The van der Waals surface area contributed by atoms with Crippen molar-refractivity contribution >= 4 is 21.6 Å². The summed E-state index contributed by atoms with van der Waals surface area (Å²) in [7, 11) is 0. The number of aryl methyl sites for hydroxylation is 1. The van der Waals surface area contributed by atoms with Gasteiger partial charge in [-0.1, -0.05) is 6.92 Å². The first-order chi connectivity index (χ1) is 10.2. The smallest absolute Gasteiger partial charge is 0.259 e. The van der Waals surface area contributed by atoms with Gasteiger partial charge in [-0.15, -0.1) is 11.3 Å². The number of nitrogens with one attached hydrogen (secondary N) is 2. The highest BCUT2D eigenvalue weighted by Gasteiger charge is 2.22. The molecule has 1 atom stereocenters. The van der Waals surface area contributed by atoms with Crippen LogP contribution < -0.4 is 5.56 Å². The number of H-pyrrole nitrogens is 2. The summed E-state index contributed by atoms with van der Waals surface area (Å²) < 4.78 is 0. The largest absolute Gasteiger partial charge is 0.348 e. The first kappa shape index (κ1) is 12.8. The van der Waals surface area contributed by atoms with Crippen LogP contribution in [0.4, 0.5) is 0 Å². The fourth-order valence-electron chi connectivity index (χ4n) is 3.04. The predicted molar refractivity (Wildman–Crippen MR) is 82.8 cm³/mol. The van der Waals surface area contributed by atoms with Crippen molar-refractivity contribution in [2.24, 2.45) is 5.92 Å². The van der Waals surface area contributed by atoms with Crippen molar-refractivity contribution in [2.75, 3.05) is 0 Å². The van der Waals surface area contributed by atoms with Gasteiger partial charge in [0.1, 0.15) is 10.7 Å². The summed E-state index contributed by atoms with van der Waals surface area (Å²) >= 11 is 1.69. The zero-order valence-electron chi connectivity index (χ0n) is 11.8. The molecule has 0 saturated heterocycles. The summed E-state index contributed by atoms with van der Waals surface area (Å²) in [6.07, 6.45) is 7.20. The molecule has 1 aliphatic carbocycles. The molecule has 5 nitrogen and oxygen atoms in total. The number of hydrogen-bond acceptors (Lipinski definition) is 4. The molecule has 0 fully saturated rings. The first-order valence-corrected chi connectivity index (χ1v) is 8.03. The Morgan fingerprint density at radius 2 is 2.38 bits per heavy atom. The fourth-order valence-corrected chi connectivity index (χ4v) is 4.44. The average molecular weight is 300 g/mol. The first-order valence-electron chi connectivity index (χ1n) is 7.21. The molecular weight excluding hydrogens is 284 g/mol. The molecule has 1 aliphatic rings. The molecule has 0 spiro atoms. The minimum atomic E-state index is 0.00145. The lowest BCUT2D eigenvalue weighted by Crippen LogP contribution is -2.14. The number of fused-ring (bicyclic) bond motifs is 3. The summed E-state index contributed by atoms with van der Waals surface area (Å²) in [6.45, 7) is 2.27. The van der Waals surface area contributed by atoms with Gasteiger partial charge >= 0.3 is 0 Å². The summed E-state index contributed by atoms with van der Waals surface area (Å²) in [5.74, 6) is 1.40. The van der Waals surface area contributed by atoms with Crippen molar-refractivity contribution in [1.82, 2.24) is 19.9 Å². The molecule has 3 aromatic heterocycles. The van der Waals surface area contributed by atoms with Crippen molar-refractivity contribution in [3.8, 4) is 0 Å². The van der Waals surface area contributed by atoms with E-state index in [0.717, 1.165) is 35.2 Å². The summed E-state index contributed by atoms with van der Waals surface area (Å²) in [5.41, 5.74) is 2.18.